The second-order valence-corrected chi connectivity index (χ2v) is 7.97. The van der Waals surface area contributed by atoms with Crippen LogP contribution in [0.25, 0.3) is 0 Å². The van der Waals surface area contributed by atoms with Crippen molar-refractivity contribution in [1.29, 1.82) is 0 Å². The van der Waals surface area contributed by atoms with Gasteiger partial charge in [0, 0.05) is 16.5 Å². The lowest BCUT2D eigenvalue weighted by Gasteiger charge is -2.06. The molecule has 0 unspecified atom stereocenters. The first-order chi connectivity index (χ1) is 13.4. The molecule has 3 rings (SSSR count). The zero-order valence-electron chi connectivity index (χ0n) is 14.3. The smallest absolute Gasteiger partial charge is 0.288 e. The average molecular weight is 423 g/mol. The minimum Gasteiger partial charge on any atom is -0.508 e. The van der Waals surface area contributed by atoms with Crippen LogP contribution in [0.1, 0.15) is 11.1 Å². The number of benzene rings is 2. The number of carbonyl (C=O) groups excluding carboxylic acids is 1. The maximum absolute atomic E-state index is 12.3. The molecule has 0 aromatic heterocycles. The quantitative estimate of drug-likeness (QED) is 0.375. The highest BCUT2D eigenvalue weighted by molar-refractivity contribution is 8.15. The summed E-state index contributed by atoms with van der Waals surface area (Å²) in [7, 11) is 0. The highest BCUT2D eigenvalue weighted by atomic mass is 32.2. The summed E-state index contributed by atoms with van der Waals surface area (Å²) < 4.78 is 24.7. The molecule has 0 radical (unpaired) electrons. The summed E-state index contributed by atoms with van der Waals surface area (Å²) in [6.45, 7) is 0. The van der Waals surface area contributed by atoms with E-state index in [1.165, 1.54) is 36.2 Å². The Morgan fingerprint density at radius 1 is 1.21 bits per heavy atom. The van der Waals surface area contributed by atoms with Gasteiger partial charge in [-0.1, -0.05) is 35.7 Å². The van der Waals surface area contributed by atoms with Crippen molar-refractivity contribution >= 4 is 40.8 Å². The van der Waals surface area contributed by atoms with Crippen molar-refractivity contribution in [2.45, 2.75) is 22.3 Å². The molecule has 146 valence electrons. The van der Waals surface area contributed by atoms with Gasteiger partial charge in [-0.25, -0.2) is 0 Å². The highest BCUT2D eigenvalue weighted by Crippen LogP contribution is 2.27. The molecule has 0 spiro atoms. The third-order valence-corrected chi connectivity index (χ3v) is 5.50. The molecule has 3 N–H and O–H groups in total. The van der Waals surface area contributed by atoms with E-state index in [0.717, 1.165) is 5.56 Å². The SMILES string of the molecule is O=C1N/C(=N/N=C/c2ccc(O)cc2O)S[C@@H]1Cc1ccc(SC(F)F)cc1. The fourth-order valence-electron chi connectivity index (χ4n) is 2.39. The number of halogens is 2. The maximum atomic E-state index is 12.3. The Morgan fingerprint density at radius 3 is 2.64 bits per heavy atom. The lowest BCUT2D eigenvalue weighted by atomic mass is 10.1. The van der Waals surface area contributed by atoms with Gasteiger partial charge in [-0.05, 0) is 36.2 Å². The van der Waals surface area contributed by atoms with Gasteiger partial charge in [0.25, 0.3) is 5.76 Å². The van der Waals surface area contributed by atoms with Crippen LogP contribution in [0.5, 0.6) is 11.5 Å². The number of phenols is 2. The Kier molecular flexibility index (Phi) is 6.53. The Labute approximate surface area is 167 Å². The summed E-state index contributed by atoms with van der Waals surface area (Å²) >= 11 is 1.69. The molecule has 1 atom stereocenters. The van der Waals surface area contributed by atoms with Crippen molar-refractivity contribution in [3.63, 3.8) is 0 Å². The van der Waals surface area contributed by atoms with Gasteiger partial charge in [0.2, 0.25) is 5.91 Å². The standard InChI is InChI=1S/C18H15F2N3O3S2/c19-17(20)27-13-5-1-10(2-6-13)7-15-16(26)22-18(28-15)23-21-9-11-3-4-12(24)8-14(11)25/h1-6,8-9,15,17,24-25H,7H2,(H,22,23,26)/b21-9+/t15-/m1/s1. The number of nitrogens with one attached hydrogen (secondary N) is 1. The number of carbonyl (C=O) groups is 1. The molecule has 10 heteroatoms. The lowest BCUT2D eigenvalue weighted by Crippen LogP contribution is -2.25. The first-order valence-corrected chi connectivity index (χ1v) is 9.81. The van der Waals surface area contributed by atoms with E-state index in [9.17, 15) is 23.8 Å². The molecule has 1 saturated heterocycles. The van der Waals surface area contributed by atoms with Crippen LogP contribution in [0.2, 0.25) is 0 Å². The molecule has 1 heterocycles. The molecular formula is C18H15F2N3O3S2. The maximum Gasteiger partial charge on any atom is 0.288 e. The van der Waals surface area contributed by atoms with Crippen LogP contribution in [0.15, 0.2) is 57.6 Å². The molecule has 0 saturated carbocycles. The predicted molar refractivity (Wildman–Crippen MR) is 106 cm³/mol. The summed E-state index contributed by atoms with van der Waals surface area (Å²) in [5.41, 5.74) is 1.22. The fourth-order valence-corrected chi connectivity index (χ4v) is 3.86. The Balaban J connectivity index is 1.60. The van der Waals surface area contributed by atoms with E-state index in [4.69, 9.17) is 0 Å². The van der Waals surface area contributed by atoms with E-state index < -0.39 is 11.0 Å². The highest BCUT2D eigenvalue weighted by Gasteiger charge is 2.30. The molecule has 1 fully saturated rings. The van der Waals surface area contributed by atoms with Crippen LogP contribution in [0.4, 0.5) is 8.78 Å². The average Bonchev–Trinajstić information content (AvgIpc) is 2.97. The largest absolute Gasteiger partial charge is 0.508 e. The van der Waals surface area contributed by atoms with Crippen molar-refractivity contribution in [3.05, 3.63) is 53.6 Å². The van der Waals surface area contributed by atoms with E-state index >= 15 is 0 Å². The van der Waals surface area contributed by atoms with Gasteiger partial charge in [-0.15, -0.1) is 5.10 Å². The number of aromatic hydroxyl groups is 2. The molecule has 2 aromatic rings. The van der Waals surface area contributed by atoms with Gasteiger partial charge in [-0.2, -0.15) is 13.9 Å². The molecule has 0 aliphatic carbocycles. The van der Waals surface area contributed by atoms with Gasteiger partial charge in [-0.3, -0.25) is 4.79 Å². The third-order valence-electron chi connectivity index (χ3n) is 3.71. The zero-order valence-corrected chi connectivity index (χ0v) is 15.9. The van der Waals surface area contributed by atoms with Crippen LogP contribution in [-0.4, -0.2) is 38.5 Å². The molecular weight excluding hydrogens is 408 g/mol. The van der Waals surface area contributed by atoms with E-state index in [1.807, 2.05) is 0 Å². The van der Waals surface area contributed by atoms with Gasteiger partial charge in [0.1, 0.15) is 11.5 Å². The number of alkyl halides is 2. The van der Waals surface area contributed by atoms with Crippen molar-refractivity contribution in [1.82, 2.24) is 5.32 Å². The van der Waals surface area contributed by atoms with Crippen LogP contribution >= 0.6 is 23.5 Å². The van der Waals surface area contributed by atoms with E-state index in [2.05, 4.69) is 15.5 Å². The summed E-state index contributed by atoms with van der Waals surface area (Å²) in [6, 6.07) is 10.7. The first kappa shape index (κ1) is 20.2. The monoisotopic (exact) mass is 423 g/mol. The topological polar surface area (TPSA) is 94.3 Å². The summed E-state index contributed by atoms with van der Waals surface area (Å²) in [5, 5.41) is 29.3. The van der Waals surface area contributed by atoms with Crippen molar-refractivity contribution in [2.24, 2.45) is 10.2 Å². The molecule has 1 aliphatic rings. The summed E-state index contributed by atoms with van der Waals surface area (Å²) in [6.07, 6.45) is 1.73. The van der Waals surface area contributed by atoms with Gasteiger partial charge in [0.05, 0.1) is 11.5 Å². The van der Waals surface area contributed by atoms with E-state index in [1.54, 1.807) is 24.3 Å². The molecule has 28 heavy (non-hydrogen) atoms. The molecule has 1 aliphatic heterocycles. The number of thioether (sulfide) groups is 2. The number of phenolic OH excluding ortho intramolecular Hbond substituents is 2. The summed E-state index contributed by atoms with van der Waals surface area (Å²) in [4.78, 5) is 12.6. The predicted octanol–water partition coefficient (Wildman–Crippen LogP) is 3.58. The van der Waals surface area contributed by atoms with E-state index in [0.29, 0.717) is 33.8 Å². The summed E-state index contributed by atoms with van der Waals surface area (Å²) in [5.74, 6) is -2.89. The van der Waals surface area contributed by atoms with Gasteiger partial charge >= 0.3 is 0 Å². The fraction of sp³-hybridized carbons (Fsp3) is 0.167. The van der Waals surface area contributed by atoms with Crippen molar-refractivity contribution < 1.29 is 23.8 Å². The second-order valence-electron chi connectivity index (χ2n) is 5.72. The zero-order chi connectivity index (χ0) is 20.1. The Hall–Kier alpha value is -2.59. The molecule has 1 amide bonds. The number of hydrogen-bond donors (Lipinski definition) is 3. The number of hydrogen-bond acceptors (Lipinski definition) is 7. The minimum atomic E-state index is -2.47. The Bertz CT molecular complexity index is 921. The van der Waals surface area contributed by atoms with Gasteiger partial charge in [0.15, 0.2) is 5.17 Å². The first-order valence-electron chi connectivity index (χ1n) is 8.05. The van der Waals surface area contributed by atoms with Crippen LogP contribution in [-0.2, 0) is 11.2 Å². The number of amidine groups is 1. The van der Waals surface area contributed by atoms with Crippen LogP contribution < -0.4 is 5.32 Å². The molecule has 6 nitrogen and oxygen atoms in total. The normalized spacial score (nSPS) is 18.3. The molecule has 2 aromatic carbocycles. The number of rotatable bonds is 6. The lowest BCUT2D eigenvalue weighted by molar-refractivity contribution is -0.118. The molecule has 0 bridgehead atoms. The third kappa shape index (κ3) is 5.46. The van der Waals surface area contributed by atoms with Gasteiger partial charge < -0.3 is 15.5 Å². The number of nitrogens with zero attached hydrogens (tertiary/aromatic N) is 2. The van der Waals surface area contributed by atoms with Crippen LogP contribution in [0, 0.1) is 0 Å². The Morgan fingerprint density at radius 2 is 1.96 bits per heavy atom. The number of amides is 1. The van der Waals surface area contributed by atoms with Crippen molar-refractivity contribution in [3.8, 4) is 11.5 Å². The van der Waals surface area contributed by atoms with Crippen LogP contribution in [0.3, 0.4) is 0 Å². The minimum absolute atomic E-state index is 0.0664. The second kappa shape index (κ2) is 9.07. The van der Waals surface area contributed by atoms with E-state index in [-0.39, 0.29) is 17.4 Å². The van der Waals surface area contributed by atoms with Crippen molar-refractivity contribution in [2.75, 3.05) is 0 Å².